The maximum Gasteiger partial charge on any atom is 0.241 e. The topological polar surface area (TPSA) is 89.3 Å². The molecule has 1 rings (SSSR count). The van der Waals surface area contributed by atoms with Gasteiger partial charge in [0.15, 0.2) is 0 Å². The molecule has 1 amide bonds. The van der Waals surface area contributed by atoms with E-state index in [1.807, 2.05) is 20.8 Å². The summed E-state index contributed by atoms with van der Waals surface area (Å²) in [6.45, 7) is 8.90. The smallest absolute Gasteiger partial charge is 0.241 e. The summed E-state index contributed by atoms with van der Waals surface area (Å²) in [4.78, 5) is 11.0. The van der Waals surface area contributed by atoms with Gasteiger partial charge in [0, 0.05) is 0 Å². The lowest BCUT2D eigenvalue weighted by molar-refractivity contribution is -0.116. The SMILES string of the molecule is Cc1c(C)c(C)c(S(=O)(=O)NCC(N)=O)c(C)c1C. The first-order valence-electron chi connectivity index (χ1n) is 5.94. The second kappa shape index (κ2) is 5.30. The summed E-state index contributed by atoms with van der Waals surface area (Å²) < 4.78 is 26.8. The average Bonchev–Trinajstić information content (AvgIpc) is 2.31. The van der Waals surface area contributed by atoms with Crippen LogP contribution in [-0.4, -0.2) is 20.9 Å². The van der Waals surface area contributed by atoms with Crippen molar-refractivity contribution < 1.29 is 13.2 Å². The molecule has 1 aromatic rings. The van der Waals surface area contributed by atoms with Crippen LogP contribution in [0.15, 0.2) is 4.90 Å². The Kier molecular flexibility index (Phi) is 4.37. The van der Waals surface area contributed by atoms with Gasteiger partial charge in [-0.05, 0) is 62.4 Å². The van der Waals surface area contributed by atoms with Crippen molar-refractivity contribution in [3.63, 3.8) is 0 Å². The molecule has 3 N–H and O–H groups in total. The van der Waals surface area contributed by atoms with Gasteiger partial charge in [-0.15, -0.1) is 0 Å². The Hall–Kier alpha value is -1.40. The zero-order valence-corrected chi connectivity index (χ0v) is 12.7. The van der Waals surface area contributed by atoms with E-state index < -0.39 is 22.5 Å². The molecule has 0 aromatic heterocycles. The number of benzene rings is 1. The van der Waals surface area contributed by atoms with Crippen molar-refractivity contribution in [1.82, 2.24) is 4.72 Å². The first-order valence-corrected chi connectivity index (χ1v) is 7.42. The van der Waals surface area contributed by atoms with Gasteiger partial charge in [0.1, 0.15) is 0 Å². The molecule has 0 aliphatic rings. The van der Waals surface area contributed by atoms with E-state index in [1.54, 1.807) is 13.8 Å². The number of primary amides is 1. The second-order valence-electron chi connectivity index (χ2n) is 4.74. The molecule has 0 aliphatic heterocycles. The summed E-state index contributed by atoms with van der Waals surface area (Å²) in [5.41, 5.74) is 9.36. The van der Waals surface area contributed by atoms with Crippen molar-refractivity contribution in [3.05, 3.63) is 27.8 Å². The lowest BCUT2D eigenvalue weighted by Gasteiger charge is -2.18. The largest absolute Gasteiger partial charge is 0.369 e. The van der Waals surface area contributed by atoms with E-state index in [0.29, 0.717) is 11.1 Å². The van der Waals surface area contributed by atoms with Crippen molar-refractivity contribution in [3.8, 4) is 0 Å². The molecule has 0 spiro atoms. The number of sulfonamides is 1. The van der Waals surface area contributed by atoms with Crippen LogP contribution in [0.2, 0.25) is 0 Å². The van der Waals surface area contributed by atoms with Gasteiger partial charge in [-0.1, -0.05) is 0 Å². The van der Waals surface area contributed by atoms with E-state index in [1.165, 1.54) is 0 Å². The molecule has 0 heterocycles. The molecule has 19 heavy (non-hydrogen) atoms. The number of carbonyl (C=O) groups excluding carboxylic acids is 1. The summed E-state index contributed by atoms with van der Waals surface area (Å²) in [5, 5.41) is 0. The molecule has 0 atom stereocenters. The molecule has 5 nitrogen and oxygen atoms in total. The molecule has 0 unspecified atom stereocenters. The fourth-order valence-electron chi connectivity index (χ4n) is 2.11. The van der Waals surface area contributed by atoms with Gasteiger partial charge < -0.3 is 5.73 Å². The average molecular weight is 284 g/mol. The van der Waals surface area contributed by atoms with Crippen LogP contribution in [0.1, 0.15) is 27.8 Å². The highest BCUT2D eigenvalue weighted by molar-refractivity contribution is 7.89. The third kappa shape index (κ3) is 2.96. The molecule has 6 heteroatoms. The quantitative estimate of drug-likeness (QED) is 0.864. The molecular weight excluding hydrogens is 264 g/mol. The number of carbonyl (C=O) groups is 1. The van der Waals surface area contributed by atoms with E-state index >= 15 is 0 Å². The minimum absolute atomic E-state index is 0.245. The molecule has 1 aromatic carbocycles. The lowest BCUT2D eigenvalue weighted by atomic mass is 9.95. The second-order valence-corrected chi connectivity index (χ2v) is 6.45. The fraction of sp³-hybridized carbons (Fsp3) is 0.462. The molecule has 0 saturated carbocycles. The van der Waals surface area contributed by atoms with Crippen LogP contribution in [-0.2, 0) is 14.8 Å². The summed E-state index contributed by atoms with van der Waals surface area (Å²) >= 11 is 0. The highest BCUT2D eigenvalue weighted by atomic mass is 32.2. The van der Waals surface area contributed by atoms with E-state index in [4.69, 9.17) is 5.73 Å². The number of nitrogens with two attached hydrogens (primary N) is 1. The molecule has 0 bridgehead atoms. The number of hydrogen-bond donors (Lipinski definition) is 2. The van der Waals surface area contributed by atoms with Crippen LogP contribution in [0.3, 0.4) is 0 Å². The van der Waals surface area contributed by atoms with Crippen LogP contribution >= 0.6 is 0 Å². The van der Waals surface area contributed by atoms with Crippen LogP contribution in [0.5, 0.6) is 0 Å². The Labute approximate surface area is 114 Å². The number of amides is 1. The number of hydrogen-bond acceptors (Lipinski definition) is 3. The van der Waals surface area contributed by atoms with Crippen molar-refractivity contribution in [2.75, 3.05) is 6.54 Å². The third-order valence-electron chi connectivity index (χ3n) is 3.64. The number of rotatable bonds is 4. The van der Waals surface area contributed by atoms with Crippen molar-refractivity contribution >= 4 is 15.9 Å². The Bertz CT molecular complexity index is 605. The summed E-state index contributed by atoms with van der Waals surface area (Å²) in [6.07, 6.45) is 0. The molecule has 0 saturated heterocycles. The Morgan fingerprint density at radius 1 is 0.947 bits per heavy atom. The predicted molar refractivity (Wildman–Crippen MR) is 74.5 cm³/mol. The van der Waals surface area contributed by atoms with E-state index in [-0.39, 0.29) is 4.90 Å². The summed E-state index contributed by atoms with van der Waals surface area (Å²) in [7, 11) is -3.73. The molecule has 0 radical (unpaired) electrons. The van der Waals surface area contributed by atoms with Gasteiger partial charge in [0.25, 0.3) is 0 Å². The number of nitrogens with one attached hydrogen (secondary N) is 1. The molecule has 106 valence electrons. The lowest BCUT2D eigenvalue weighted by Crippen LogP contribution is -2.34. The van der Waals surface area contributed by atoms with Crippen LogP contribution in [0.25, 0.3) is 0 Å². The normalized spacial score (nSPS) is 11.6. The van der Waals surface area contributed by atoms with Crippen molar-refractivity contribution in [1.29, 1.82) is 0 Å². The third-order valence-corrected chi connectivity index (χ3v) is 5.31. The highest BCUT2D eigenvalue weighted by Crippen LogP contribution is 2.29. The summed E-state index contributed by atoms with van der Waals surface area (Å²) in [5.74, 6) is -0.709. The molecular formula is C13H20N2O3S. The molecule has 0 aliphatic carbocycles. The van der Waals surface area contributed by atoms with E-state index in [9.17, 15) is 13.2 Å². The van der Waals surface area contributed by atoms with Gasteiger partial charge in [-0.25, -0.2) is 13.1 Å². The van der Waals surface area contributed by atoms with Gasteiger partial charge in [0.05, 0.1) is 11.4 Å². The van der Waals surface area contributed by atoms with Crippen molar-refractivity contribution in [2.24, 2.45) is 5.73 Å². The van der Waals surface area contributed by atoms with Crippen LogP contribution in [0.4, 0.5) is 0 Å². The maximum absolute atomic E-state index is 12.3. The van der Waals surface area contributed by atoms with Gasteiger partial charge in [0.2, 0.25) is 15.9 Å². The fourth-order valence-corrected chi connectivity index (χ4v) is 3.70. The first kappa shape index (κ1) is 15.7. The molecule has 0 fully saturated rings. The minimum Gasteiger partial charge on any atom is -0.369 e. The summed E-state index contributed by atoms with van der Waals surface area (Å²) in [6, 6.07) is 0. The van der Waals surface area contributed by atoms with E-state index in [0.717, 1.165) is 16.7 Å². The standard InChI is InChI=1S/C13H20N2O3S/c1-7-8(2)10(4)13(11(5)9(7)3)19(17,18)15-6-12(14)16/h15H,6H2,1-5H3,(H2,14,16). The Balaban J connectivity index is 3.47. The Morgan fingerprint density at radius 3 is 1.68 bits per heavy atom. The Morgan fingerprint density at radius 2 is 1.32 bits per heavy atom. The first-order chi connectivity index (χ1) is 8.59. The van der Waals surface area contributed by atoms with E-state index in [2.05, 4.69) is 4.72 Å². The highest BCUT2D eigenvalue weighted by Gasteiger charge is 2.23. The van der Waals surface area contributed by atoms with Crippen LogP contribution in [0, 0.1) is 34.6 Å². The zero-order chi connectivity index (χ0) is 15.0. The predicted octanol–water partition coefficient (Wildman–Crippen LogP) is 0.992. The zero-order valence-electron chi connectivity index (χ0n) is 11.9. The maximum atomic E-state index is 12.3. The monoisotopic (exact) mass is 284 g/mol. The van der Waals surface area contributed by atoms with Crippen molar-refractivity contribution in [2.45, 2.75) is 39.5 Å². The minimum atomic E-state index is -3.73. The van der Waals surface area contributed by atoms with Gasteiger partial charge in [-0.3, -0.25) is 4.79 Å². The van der Waals surface area contributed by atoms with Gasteiger partial charge >= 0.3 is 0 Å². The van der Waals surface area contributed by atoms with Crippen LogP contribution < -0.4 is 10.5 Å². The van der Waals surface area contributed by atoms with Gasteiger partial charge in [-0.2, -0.15) is 0 Å².